The van der Waals surface area contributed by atoms with Crippen LogP contribution in [0.5, 0.6) is 0 Å². The molecular formula is C13H23NO3. The van der Waals surface area contributed by atoms with Crippen LogP contribution in [0.25, 0.3) is 0 Å². The second kappa shape index (κ2) is 5.36. The first kappa shape index (κ1) is 12.8. The number of aliphatic carboxylic acids is 1. The maximum absolute atomic E-state index is 10.7. The van der Waals surface area contributed by atoms with Gasteiger partial charge in [-0.1, -0.05) is 25.7 Å². The first-order valence-electron chi connectivity index (χ1n) is 6.77. The van der Waals surface area contributed by atoms with E-state index >= 15 is 0 Å². The molecule has 2 fully saturated rings. The van der Waals surface area contributed by atoms with Crippen LogP contribution in [-0.2, 0) is 4.79 Å². The second-order valence-electron chi connectivity index (χ2n) is 5.66. The van der Waals surface area contributed by atoms with Crippen LogP contribution in [0.4, 0.5) is 0 Å². The van der Waals surface area contributed by atoms with Gasteiger partial charge < -0.3 is 10.2 Å². The molecule has 1 saturated heterocycles. The van der Waals surface area contributed by atoms with Crippen molar-refractivity contribution in [3.8, 4) is 0 Å². The Bertz CT molecular complexity index is 274. The van der Waals surface area contributed by atoms with Gasteiger partial charge in [0.1, 0.15) is 0 Å². The van der Waals surface area contributed by atoms with Gasteiger partial charge in [-0.05, 0) is 19.3 Å². The van der Waals surface area contributed by atoms with Gasteiger partial charge in [0.15, 0.2) is 0 Å². The van der Waals surface area contributed by atoms with Gasteiger partial charge in [0.05, 0.1) is 12.0 Å². The number of hydrogen-bond donors (Lipinski definition) is 2. The van der Waals surface area contributed by atoms with Gasteiger partial charge in [-0.25, -0.2) is 0 Å². The Balaban J connectivity index is 1.89. The molecule has 0 radical (unpaired) electrons. The number of carboxylic acid groups (broad SMARTS) is 1. The van der Waals surface area contributed by atoms with Crippen LogP contribution < -0.4 is 0 Å². The van der Waals surface area contributed by atoms with Crippen LogP contribution in [-0.4, -0.2) is 45.8 Å². The van der Waals surface area contributed by atoms with Crippen LogP contribution in [0.1, 0.15) is 51.4 Å². The molecule has 0 amide bonds. The summed E-state index contributed by atoms with van der Waals surface area (Å²) < 4.78 is 0. The summed E-state index contributed by atoms with van der Waals surface area (Å²) in [6, 6.07) is 0.570. The summed E-state index contributed by atoms with van der Waals surface area (Å²) >= 11 is 0. The molecule has 1 saturated carbocycles. The maximum atomic E-state index is 10.7. The molecule has 1 aliphatic heterocycles. The van der Waals surface area contributed by atoms with Gasteiger partial charge >= 0.3 is 5.97 Å². The Morgan fingerprint density at radius 1 is 1.24 bits per heavy atom. The lowest BCUT2D eigenvalue weighted by molar-refractivity contribution is -0.142. The summed E-state index contributed by atoms with van der Waals surface area (Å²) in [6.45, 7) is 1.40. The van der Waals surface area contributed by atoms with E-state index < -0.39 is 11.6 Å². The van der Waals surface area contributed by atoms with E-state index in [-0.39, 0.29) is 6.42 Å². The van der Waals surface area contributed by atoms with Crippen molar-refractivity contribution < 1.29 is 15.0 Å². The van der Waals surface area contributed by atoms with Crippen molar-refractivity contribution in [2.75, 3.05) is 13.1 Å². The van der Waals surface area contributed by atoms with Crippen molar-refractivity contribution in [1.82, 2.24) is 4.90 Å². The molecule has 1 atom stereocenters. The minimum Gasteiger partial charge on any atom is -0.481 e. The van der Waals surface area contributed by atoms with Gasteiger partial charge in [0.2, 0.25) is 0 Å². The molecule has 0 aromatic carbocycles. The average molecular weight is 241 g/mol. The Kier molecular flexibility index (Phi) is 4.05. The number of nitrogens with zero attached hydrogens (tertiary/aromatic N) is 1. The van der Waals surface area contributed by atoms with Gasteiger partial charge in [-0.2, -0.15) is 0 Å². The topological polar surface area (TPSA) is 60.8 Å². The molecule has 98 valence electrons. The smallest absolute Gasteiger partial charge is 0.306 e. The first-order chi connectivity index (χ1) is 8.09. The highest BCUT2D eigenvalue weighted by molar-refractivity contribution is 5.68. The summed E-state index contributed by atoms with van der Waals surface area (Å²) in [4.78, 5) is 13.0. The zero-order valence-corrected chi connectivity index (χ0v) is 10.4. The molecule has 1 unspecified atom stereocenters. The lowest BCUT2D eigenvalue weighted by atomic mass is 9.99. The van der Waals surface area contributed by atoms with Crippen LogP contribution in [0.3, 0.4) is 0 Å². The molecule has 0 aromatic heterocycles. The summed E-state index contributed by atoms with van der Waals surface area (Å²) in [5.41, 5.74) is -0.988. The first-order valence-corrected chi connectivity index (χ1v) is 6.77. The summed E-state index contributed by atoms with van der Waals surface area (Å²) in [7, 11) is 0. The number of hydrogen-bond acceptors (Lipinski definition) is 3. The number of likely N-dealkylation sites (tertiary alicyclic amines) is 1. The molecule has 0 spiro atoms. The van der Waals surface area contributed by atoms with Crippen LogP contribution in [0.2, 0.25) is 0 Å². The monoisotopic (exact) mass is 241 g/mol. The molecule has 1 aliphatic carbocycles. The SMILES string of the molecule is O=C(O)CC1(O)CCN(C2CCCCCC2)C1. The quantitative estimate of drug-likeness (QED) is 0.737. The second-order valence-corrected chi connectivity index (χ2v) is 5.66. The van der Waals surface area contributed by atoms with Crippen molar-refractivity contribution in [1.29, 1.82) is 0 Å². The van der Waals surface area contributed by atoms with Crippen molar-refractivity contribution in [2.24, 2.45) is 0 Å². The standard InChI is InChI=1S/C13H23NO3/c15-12(16)9-13(17)7-8-14(10-13)11-5-3-1-2-4-6-11/h11,17H,1-10H2,(H,15,16). The summed E-state index contributed by atoms with van der Waals surface area (Å²) in [6.07, 6.45) is 8.11. The van der Waals surface area contributed by atoms with E-state index in [2.05, 4.69) is 4.90 Å². The van der Waals surface area contributed by atoms with Crippen LogP contribution in [0.15, 0.2) is 0 Å². The summed E-state index contributed by atoms with van der Waals surface area (Å²) in [5, 5.41) is 19.0. The van der Waals surface area contributed by atoms with Gasteiger partial charge in [0, 0.05) is 19.1 Å². The van der Waals surface area contributed by atoms with E-state index in [0.29, 0.717) is 19.0 Å². The van der Waals surface area contributed by atoms with E-state index in [9.17, 15) is 9.90 Å². The molecule has 4 nitrogen and oxygen atoms in total. The van der Waals surface area contributed by atoms with Gasteiger partial charge in [0.25, 0.3) is 0 Å². The Morgan fingerprint density at radius 2 is 1.88 bits per heavy atom. The van der Waals surface area contributed by atoms with E-state index in [0.717, 1.165) is 6.54 Å². The van der Waals surface area contributed by atoms with Crippen molar-refractivity contribution in [3.05, 3.63) is 0 Å². The molecule has 4 heteroatoms. The van der Waals surface area contributed by atoms with Crippen LogP contribution in [0, 0.1) is 0 Å². The molecule has 2 N–H and O–H groups in total. The highest BCUT2D eigenvalue weighted by Gasteiger charge is 2.40. The third-order valence-electron chi connectivity index (χ3n) is 4.18. The Labute approximate surface area is 103 Å². The summed E-state index contributed by atoms with van der Waals surface area (Å²) in [5.74, 6) is -0.893. The normalized spacial score (nSPS) is 32.5. The van der Waals surface area contributed by atoms with E-state index in [4.69, 9.17) is 5.11 Å². The predicted octanol–water partition coefficient (Wildman–Crippen LogP) is 1.62. The van der Waals surface area contributed by atoms with Crippen molar-refractivity contribution in [3.63, 3.8) is 0 Å². The Hall–Kier alpha value is -0.610. The lowest BCUT2D eigenvalue weighted by Gasteiger charge is -2.28. The molecular weight excluding hydrogens is 218 g/mol. The largest absolute Gasteiger partial charge is 0.481 e. The Morgan fingerprint density at radius 3 is 2.47 bits per heavy atom. The zero-order chi connectivity index (χ0) is 12.3. The molecule has 0 aromatic rings. The fourth-order valence-electron chi connectivity index (χ4n) is 3.25. The molecule has 2 aliphatic rings. The predicted molar refractivity (Wildman–Crippen MR) is 64.9 cm³/mol. The minimum absolute atomic E-state index is 0.115. The third-order valence-corrected chi connectivity index (χ3v) is 4.18. The molecule has 0 bridgehead atoms. The van der Waals surface area contributed by atoms with Gasteiger partial charge in [-0.3, -0.25) is 9.69 Å². The number of β-amino-alcohol motifs (C(OH)–C–C–N with tert-alkyl or cyclic N) is 1. The minimum atomic E-state index is -0.988. The maximum Gasteiger partial charge on any atom is 0.306 e. The van der Waals surface area contributed by atoms with Crippen LogP contribution >= 0.6 is 0 Å². The van der Waals surface area contributed by atoms with Gasteiger partial charge in [-0.15, -0.1) is 0 Å². The third kappa shape index (κ3) is 3.42. The lowest BCUT2D eigenvalue weighted by Crippen LogP contribution is -2.39. The fourth-order valence-corrected chi connectivity index (χ4v) is 3.25. The molecule has 2 rings (SSSR count). The molecule has 1 heterocycles. The molecule has 17 heavy (non-hydrogen) atoms. The highest BCUT2D eigenvalue weighted by atomic mass is 16.4. The highest BCUT2D eigenvalue weighted by Crippen LogP contribution is 2.30. The average Bonchev–Trinajstić information content (AvgIpc) is 2.51. The number of carboxylic acids is 1. The van der Waals surface area contributed by atoms with E-state index in [1.54, 1.807) is 0 Å². The number of rotatable bonds is 3. The zero-order valence-electron chi connectivity index (χ0n) is 10.4. The van der Waals surface area contributed by atoms with Crippen molar-refractivity contribution >= 4 is 5.97 Å². The van der Waals surface area contributed by atoms with E-state index in [1.807, 2.05) is 0 Å². The fraction of sp³-hybridized carbons (Fsp3) is 0.923. The van der Waals surface area contributed by atoms with E-state index in [1.165, 1.54) is 38.5 Å². The number of aliphatic hydroxyl groups is 1. The van der Waals surface area contributed by atoms with Crippen molar-refractivity contribution in [2.45, 2.75) is 63.0 Å². The number of carbonyl (C=O) groups is 1.